The standard InChI is InChI=1S/C18H13ClN2O6/c1-9-14-7-11(19)3-4-15(14)27-16(9)17(22)20-12-5-10(18(23)26-2)6-13(8-12)21(24)25/h3-8H,1-2H3,(H,20,22). The lowest BCUT2D eigenvalue weighted by atomic mass is 10.1. The van der Waals surface area contributed by atoms with Crippen molar-refractivity contribution in [1.82, 2.24) is 0 Å². The van der Waals surface area contributed by atoms with Gasteiger partial charge in [0.05, 0.1) is 17.6 Å². The number of amides is 1. The number of fused-ring (bicyclic) bond motifs is 1. The fourth-order valence-corrected chi connectivity index (χ4v) is 2.79. The average Bonchev–Trinajstić information content (AvgIpc) is 2.97. The quantitative estimate of drug-likeness (QED) is 0.404. The number of hydrogen-bond donors (Lipinski definition) is 1. The summed E-state index contributed by atoms with van der Waals surface area (Å²) >= 11 is 5.97. The van der Waals surface area contributed by atoms with Crippen LogP contribution in [0, 0.1) is 17.0 Å². The van der Waals surface area contributed by atoms with Crippen LogP contribution < -0.4 is 5.32 Å². The summed E-state index contributed by atoms with van der Waals surface area (Å²) in [5.74, 6) is -1.33. The normalized spacial score (nSPS) is 10.6. The Labute approximate surface area is 157 Å². The molecule has 138 valence electrons. The lowest BCUT2D eigenvalue weighted by Crippen LogP contribution is -2.13. The van der Waals surface area contributed by atoms with E-state index in [2.05, 4.69) is 10.1 Å². The largest absolute Gasteiger partial charge is 0.465 e. The number of non-ortho nitro benzene ring substituents is 1. The summed E-state index contributed by atoms with van der Waals surface area (Å²) in [6.07, 6.45) is 0. The predicted octanol–water partition coefficient (Wildman–Crippen LogP) is 4.34. The summed E-state index contributed by atoms with van der Waals surface area (Å²) in [6, 6.07) is 8.44. The molecule has 1 amide bonds. The van der Waals surface area contributed by atoms with Crippen molar-refractivity contribution in [2.45, 2.75) is 6.92 Å². The van der Waals surface area contributed by atoms with Gasteiger partial charge in [0, 0.05) is 33.8 Å². The number of aryl methyl sites for hydroxylation is 1. The number of nitro benzene ring substituents is 1. The van der Waals surface area contributed by atoms with Gasteiger partial charge in [0.15, 0.2) is 5.76 Å². The molecule has 1 N–H and O–H groups in total. The molecule has 0 aliphatic carbocycles. The maximum atomic E-state index is 12.6. The van der Waals surface area contributed by atoms with E-state index in [1.54, 1.807) is 25.1 Å². The summed E-state index contributed by atoms with van der Waals surface area (Å²) in [7, 11) is 1.16. The molecule has 8 nitrogen and oxygen atoms in total. The second-order valence-corrected chi connectivity index (χ2v) is 6.10. The van der Waals surface area contributed by atoms with Crippen LogP contribution in [0.3, 0.4) is 0 Å². The number of esters is 1. The van der Waals surface area contributed by atoms with Crippen LogP contribution in [0.1, 0.15) is 26.5 Å². The summed E-state index contributed by atoms with van der Waals surface area (Å²) in [6.45, 7) is 1.70. The van der Waals surface area contributed by atoms with Crippen molar-refractivity contribution in [3.8, 4) is 0 Å². The van der Waals surface area contributed by atoms with Crippen LogP contribution in [-0.2, 0) is 4.74 Å². The maximum Gasteiger partial charge on any atom is 0.338 e. The Hall–Kier alpha value is -3.39. The number of rotatable bonds is 4. The smallest absolute Gasteiger partial charge is 0.338 e. The minimum atomic E-state index is -0.760. The van der Waals surface area contributed by atoms with E-state index in [0.717, 1.165) is 19.2 Å². The van der Waals surface area contributed by atoms with Crippen LogP contribution in [-0.4, -0.2) is 23.9 Å². The van der Waals surface area contributed by atoms with Gasteiger partial charge in [-0.3, -0.25) is 14.9 Å². The summed E-state index contributed by atoms with van der Waals surface area (Å²) < 4.78 is 10.1. The first-order valence-corrected chi connectivity index (χ1v) is 8.05. The SMILES string of the molecule is COC(=O)c1cc(NC(=O)c2oc3ccc(Cl)cc3c2C)cc([N+](=O)[O-])c1. The third-order valence-corrected chi connectivity index (χ3v) is 4.15. The third kappa shape index (κ3) is 3.61. The Morgan fingerprint density at radius 2 is 1.96 bits per heavy atom. The highest BCUT2D eigenvalue weighted by atomic mass is 35.5. The lowest BCUT2D eigenvalue weighted by molar-refractivity contribution is -0.384. The van der Waals surface area contributed by atoms with Crippen LogP contribution in [0.25, 0.3) is 11.0 Å². The number of ether oxygens (including phenoxy) is 1. The van der Waals surface area contributed by atoms with Gasteiger partial charge in [-0.05, 0) is 31.2 Å². The fraction of sp³-hybridized carbons (Fsp3) is 0.111. The number of nitrogens with one attached hydrogen (secondary N) is 1. The minimum absolute atomic E-state index is 0.0402. The Morgan fingerprint density at radius 3 is 2.63 bits per heavy atom. The first-order chi connectivity index (χ1) is 12.8. The van der Waals surface area contributed by atoms with Crippen molar-refractivity contribution >= 4 is 45.8 Å². The molecule has 3 rings (SSSR count). The molecule has 2 aromatic carbocycles. The number of hydrogen-bond acceptors (Lipinski definition) is 6. The molecule has 0 aliphatic rings. The molecule has 0 bridgehead atoms. The van der Waals surface area contributed by atoms with Crippen molar-refractivity contribution in [1.29, 1.82) is 0 Å². The Kier molecular flexibility index (Phi) is 4.83. The number of furan rings is 1. The van der Waals surface area contributed by atoms with Gasteiger partial charge in [0.25, 0.3) is 11.6 Å². The van der Waals surface area contributed by atoms with E-state index in [-0.39, 0.29) is 22.7 Å². The number of nitro groups is 1. The van der Waals surface area contributed by atoms with Gasteiger partial charge in [-0.1, -0.05) is 11.6 Å². The van der Waals surface area contributed by atoms with Gasteiger partial charge in [-0.15, -0.1) is 0 Å². The van der Waals surface area contributed by atoms with Gasteiger partial charge in [0.1, 0.15) is 5.58 Å². The molecular weight excluding hydrogens is 376 g/mol. The highest BCUT2D eigenvalue weighted by Crippen LogP contribution is 2.29. The number of carbonyl (C=O) groups excluding carboxylic acids is 2. The van der Waals surface area contributed by atoms with E-state index >= 15 is 0 Å². The number of anilines is 1. The van der Waals surface area contributed by atoms with Crippen LogP contribution in [0.4, 0.5) is 11.4 Å². The molecule has 1 heterocycles. The number of halogens is 1. The van der Waals surface area contributed by atoms with Gasteiger partial charge in [-0.2, -0.15) is 0 Å². The topological polar surface area (TPSA) is 112 Å². The Balaban J connectivity index is 1.98. The fourth-order valence-electron chi connectivity index (χ4n) is 2.62. The van der Waals surface area contributed by atoms with E-state index in [0.29, 0.717) is 21.6 Å². The average molecular weight is 389 g/mol. The van der Waals surface area contributed by atoms with Gasteiger partial charge in [-0.25, -0.2) is 4.79 Å². The van der Waals surface area contributed by atoms with Crippen molar-refractivity contribution in [3.05, 3.63) is 68.4 Å². The zero-order valence-corrected chi connectivity index (χ0v) is 15.0. The van der Waals surface area contributed by atoms with Crippen LogP contribution in [0.5, 0.6) is 0 Å². The van der Waals surface area contributed by atoms with Crippen LogP contribution in [0.15, 0.2) is 40.8 Å². The van der Waals surface area contributed by atoms with Crippen LogP contribution in [0.2, 0.25) is 5.02 Å². The Bertz CT molecular complexity index is 1090. The zero-order valence-electron chi connectivity index (χ0n) is 14.2. The van der Waals surface area contributed by atoms with Gasteiger partial charge < -0.3 is 14.5 Å². The molecule has 1 aromatic heterocycles. The molecule has 0 spiro atoms. The van der Waals surface area contributed by atoms with E-state index in [1.807, 2.05) is 0 Å². The molecule has 9 heteroatoms. The molecule has 0 fully saturated rings. The third-order valence-electron chi connectivity index (χ3n) is 3.91. The number of methoxy groups -OCH3 is 1. The first-order valence-electron chi connectivity index (χ1n) is 7.68. The van der Waals surface area contributed by atoms with Crippen molar-refractivity contribution in [2.75, 3.05) is 12.4 Å². The van der Waals surface area contributed by atoms with Crippen molar-refractivity contribution < 1.29 is 23.7 Å². The summed E-state index contributed by atoms with van der Waals surface area (Å²) in [4.78, 5) is 34.7. The molecule has 0 unspecified atom stereocenters. The second-order valence-electron chi connectivity index (χ2n) is 5.67. The number of carbonyl (C=O) groups is 2. The molecule has 0 radical (unpaired) electrons. The lowest BCUT2D eigenvalue weighted by Gasteiger charge is -2.06. The van der Waals surface area contributed by atoms with E-state index in [1.165, 1.54) is 6.07 Å². The minimum Gasteiger partial charge on any atom is -0.465 e. The van der Waals surface area contributed by atoms with Crippen molar-refractivity contribution in [2.24, 2.45) is 0 Å². The highest BCUT2D eigenvalue weighted by molar-refractivity contribution is 6.31. The summed E-state index contributed by atoms with van der Waals surface area (Å²) in [5, 5.41) is 14.8. The highest BCUT2D eigenvalue weighted by Gasteiger charge is 2.20. The zero-order chi connectivity index (χ0) is 19.7. The maximum absolute atomic E-state index is 12.6. The first kappa shape index (κ1) is 18.4. The molecule has 0 saturated heterocycles. The van der Waals surface area contributed by atoms with E-state index in [4.69, 9.17) is 16.0 Å². The second kappa shape index (κ2) is 7.08. The van der Waals surface area contributed by atoms with Gasteiger partial charge >= 0.3 is 5.97 Å². The van der Waals surface area contributed by atoms with E-state index in [9.17, 15) is 19.7 Å². The van der Waals surface area contributed by atoms with E-state index < -0.39 is 16.8 Å². The summed E-state index contributed by atoms with van der Waals surface area (Å²) in [5.41, 5.74) is 0.698. The number of benzene rings is 2. The van der Waals surface area contributed by atoms with Crippen molar-refractivity contribution in [3.63, 3.8) is 0 Å². The van der Waals surface area contributed by atoms with Gasteiger partial charge in [0.2, 0.25) is 0 Å². The molecular formula is C18H13ClN2O6. The molecule has 27 heavy (non-hydrogen) atoms. The van der Waals surface area contributed by atoms with Crippen LogP contribution >= 0.6 is 11.6 Å². The Morgan fingerprint density at radius 1 is 1.22 bits per heavy atom. The molecule has 0 saturated carbocycles. The predicted molar refractivity (Wildman–Crippen MR) is 98.4 cm³/mol. The molecule has 0 atom stereocenters. The monoisotopic (exact) mass is 388 g/mol. The number of nitrogens with zero attached hydrogens (tertiary/aromatic N) is 1. The molecule has 3 aromatic rings. The molecule has 0 aliphatic heterocycles.